The van der Waals surface area contributed by atoms with Gasteiger partial charge >= 0.3 is 0 Å². The molecule has 1 heterocycles. The van der Waals surface area contributed by atoms with Crippen molar-refractivity contribution in [1.82, 2.24) is 4.90 Å². The van der Waals surface area contributed by atoms with Crippen LogP contribution in [0.25, 0.3) is 0 Å². The van der Waals surface area contributed by atoms with E-state index in [1.807, 2.05) is 0 Å². The molecule has 0 spiro atoms. The lowest BCUT2D eigenvalue weighted by Crippen LogP contribution is -2.47. The van der Waals surface area contributed by atoms with Crippen LogP contribution in [0.15, 0.2) is 42.5 Å². The first-order valence-corrected chi connectivity index (χ1v) is 10.0. The first-order valence-electron chi connectivity index (χ1n) is 9.26. The Labute approximate surface area is 179 Å². The molecule has 1 N–H and O–H groups in total. The molecule has 0 bridgehead atoms. The minimum Gasteiger partial charge on any atom is -0.497 e. The molecule has 2 amide bonds. The number of hydrogen-bond donors (Lipinski definition) is 1. The Morgan fingerprint density at radius 1 is 1.17 bits per heavy atom. The molecular formula is C21H22Cl2N2O4. The van der Waals surface area contributed by atoms with Crippen molar-refractivity contribution < 1.29 is 19.1 Å². The van der Waals surface area contributed by atoms with E-state index in [4.69, 9.17) is 32.7 Å². The van der Waals surface area contributed by atoms with Crippen LogP contribution in [0.5, 0.6) is 11.5 Å². The van der Waals surface area contributed by atoms with Crippen LogP contribution in [0, 0.1) is 0 Å². The van der Waals surface area contributed by atoms with Crippen LogP contribution in [0.1, 0.15) is 19.8 Å². The van der Waals surface area contributed by atoms with Gasteiger partial charge in [0.25, 0.3) is 5.91 Å². The SMILES string of the molecule is COc1ccc(NC(=O)C2CCCN2C(=O)C(C)Oc2ccc(Cl)cc2Cl)cc1. The van der Waals surface area contributed by atoms with Gasteiger partial charge in [0, 0.05) is 17.3 Å². The van der Waals surface area contributed by atoms with Crippen molar-refractivity contribution in [2.24, 2.45) is 0 Å². The maximum Gasteiger partial charge on any atom is 0.264 e. The van der Waals surface area contributed by atoms with Crippen molar-refractivity contribution in [2.75, 3.05) is 19.0 Å². The highest BCUT2D eigenvalue weighted by Gasteiger charge is 2.36. The maximum absolute atomic E-state index is 12.9. The van der Waals surface area contributed by atoms with E-state index in [2.05, 4.69) is 5.32 Å². The van der Waals surface area contributed by atoms with Crippen molar-refractivity contribution in [3.8, 4) is 11.5 Å². The molecule has 1 saturated heterocycles. The van der Waals surface area contributed by atoms with Gasteiger partial charge in [0.2, 0.25) is 5.91 Å². The molecule has 29 heavy (non-hydrogen) atoms. The molecule has 2 unspecified atom stereocenters. The van der Waals surface area contributed by atoms with Crippen LogP contribution in [0.2, 0.25) is 10.0 Å². The lowest BCUT2D eigenvalue weighted by atomic mass is 10.2. The normalized spacial score (nSPS) is 17.0. The first kappa shape index (κ1) is 21.3. The smallest absolute Gasteiger partial charge is 0.264 e. The molecule has 8 heteroatoms. The number of nitrogens with one attached hydrogen (secondary N) is 1. The van der Waals surface area contributed by atoms with Gasteiger partial charge in [-0.05, 0) is 62.2 Å². The molecule has 3 rings (SSSR count). The molecule has 1 aliphatic rings. The van der Waals surface area contributed by atoms with Gasteiger partial charge in [0.1, 0.15) is 17.5 Å². The lowest BCUT2D eigenvalue weighted by Gasteiger charge is -2.27. The van der Waals surface area contributed by atoms with E-state index in [9.17, 15) is 9.59 Å². The summed E-state index contributed by atoms with van der Waals surface area (Å²) >= 11 is 12.0. The van der Waals surface area contributed by atoms with Gasteiger partial charge < -0.3 is 19.7 Å². The number of halogens is 2. The second-order valence-electron chi connectivity index (χ2n) is 6.74. The molecule has 0 saturated carbocycles. The summed E-state index contributed by atoms with van der Waals surface area (Å²) in [6.45, 7) is 2.14. The Bertz CT molecular complexity index is 889. The molecule has 0 aliphatic carbocycles. The highest BCUT2D eigenvalue weighted by Crippen LogP contribution is 2.29. The fourth-order valence-corrected chi connectivity index (χ4v) is 3.70. The molecule has 0 radical (unpaired) electrons. The molecule has 1 fully saturated rings. The van der Waals surface area contributed by atoms with E-state index in [1.54, 1.807) is 61.4 Å². The average molecular weight is 437 g/mol. The zero-order valence-electron chi connectivity index (χ0n) is 16.2. The van der Waals surface area contributed by atoms with E-state index < -0.39 is 12.1 Å². The molecular weight excluding hydrogens is 415 g/mol. The largest absolute Gasteiger partial charge is 0.497 e. The molecule has 1 aliphatic heterocycles. The fraction of sp³-hybridized carbons (Fsp3) is 0.333. The van der Waals surface area contributed by atoms with E-state index in [-0.39, 0.29) is 11.8 Å². The summed E-state index contributed by atoms with van der Waals surface area (Å²) in [4.78, 5) is 27.2. The molecule has 6 nitrogen and oxygen atoms in total. The Morgan fingerprint density at radius 3 is 2.55 bits per heavy atom. The van der Waals surface area contributed by atoms with E-state index in [0.29, 0.717) is 40.2 Å². The Balaban J connectivity index is 1.65. The number of nitrogens with zero attached hydrogens (tertiary/aromatic N) is 1. The summed E-state index contributed by atoms with van der Waals surface area (Å²) in [7, 11) is 1.58. The summed E-state index contributed by atoms with van der Waals surface area (Å²) in [6.07, 6.45) is 0.561. The van der Waals surface area contributed by atoms with Gasteiger partial charge in [-0.15, -0.1) is 0 Å². The summed E-state index contributed by atoms with van der Waals surface area (Å²) in [5.74, 6) is 0.587. The predicted molar refractivity (Wildman–Crippen MR) is 113 cm³/mol. The molecule has 2 aromatic rings. The summed E-state index contributed by atoms with van der Waals surface area (Å²) < 4.78 is 10.8. The standard InChI is InChI=1S/C21H22Cl2N2O4/c1-13(29-19-10-5-14(22)12-17(19)23)21(27)25-11-3-4-18(25)20(26)24-15-6-8-16(28-2)9-7-15/h5-10,12-13,18H,3-4,11H2,1-2H3,(H,24,26). The Morgan fingerprint density at radius 2 is 1.90 bits per heavy atom. The van der Waals surface area contributed by atoms with Crippen molar-refractivity contribution in [1.29, 1.82) is 0 Å². The number of carbonyl (C=O) groups is 2. The summed E-state index contributed by atoms with van der Waals surface area (Å²) in [5, 5.41) is 3.67. The quantitative estimate of drug-likeness (QED) is 0.728. The maximum atomic E-state index is 12.9. The van der Waals surface area contributed by atoms with Crippen LogP contribution in [0.3, 0.4) is 0 Å². The highest BCUT2D eigenvalue weighted by atomic mass is 35.5. The van der Waals surface area contributed by atoms with Crippen LogP contribution in [-0.2, 0) is 9.59 Å². The minimum absolute atomic E-state index is 0.224. The zero-order chi connectivity index (χ0) is 21.0. The number of rotatable bonds is 6. The van der Waals surface area contributed by atoms with Crippen molar-refractivity contribution >= 4 is 40.7 Å². The lowest BCUT2D eigenvalue weighted by molar-refractivity contribution is -0.142. The number of methoxy groups -OCH3 is 1. The first-order chi connectivity index (χ1) is 13.9. The Kier molecular flexibility index (Phi) is 6.87. The topological polar surface area (TPSA) is 67.9 Å². The molecule has 154 valence electrons. The predicted octanol–water partition coefficient (Wildman–Crippen LogP) is 4.40. The summed E-state index contributed by atoms with van der Waals surface area (Å²) in [5.41, 5.74) is 0.646. The van der Waals surface area contributed by atoms with Crippen molar-refractivity contribution in [3.05, 3.63) is 52.5 Å². The third-order valence-corrected chi connectivity index (χ3v) is 5.27. The number of likely N-dealkylation sites (tertiary alicyclic amines) is 1. The zero-order valence-corrected chi connectivity index (χ0v) is 17.7. The average Bonchev–Trinajstić information content (AvgIpc) is 3.20. The van der Waals surface area contributed by atoms with Crippen LogP contribution in [-0.4, -0.2) is 42.5 Å². The second kappa shape index (κ2) is 9.37. The second-order valence-corrected chi connectivity index (χ2v) is 7.59. The fourth-order valence-electron chi connectivity index (χ4n) is 3.25. The number of carbonyl (C=O) groups excluding carboxylic acids is 2. The number of benzene rings is 2. The Hall–Kier alpha value is -2.44. The van der Waals surface area contributed by atoms with Crippen LogP contribution >= 0.6 is 23.2 Å². The van der Waals surface area contributed by atoms with E-state index in [1.165, 1.54) is 0 Å². The summed E-state index contributed by atoms with van der Waals surface area (Å²) in [6, 6.07) is 11.3. The van der Waals surface area contributed by atoms with E-state index >= 15 is 0 Å². The minimum atomic E-state index is -0.789. The number of ether oxygens (including phenoxy) is 2. The van der Waals surface area contributed by atoms with Gasteiger partial charge in [0.15, 0.2) is 6.10 Å². The third kappa shape index (κ3) is 5.14. The van der Waals surface area contributed by atoms with Gasteiger partial charge in [-0.1, -0.05) is 23.2 Å². The third-order valence-electron chi connectivity index (χ3n) is 4.74. The molecule has 2 aromatic carbocycles. The van der Waals surface area contributed by atoms with Gasteiger partial charge in [-0.25, -0.2) is 0 Å². The molecule has 0 aromatic heterocycles. The van der Waals surface area contributed by atoms with Crippen LogP contribution < -0.4 is 14.8 Å². The number of amides is 2. The van der Waals surface area contributed by atoms with Crippen molar-refractivity contribution in [3.63, 3.8) is 0 Å². The number of hydrogen-bond acceptors (Lipinski definition) is 4. The highest BCUT2D eigenvalue weighted by molar-refractivity contribution is 6.35. The van der Waals surface area contributed by atoms with Gasteiger partial charge in [0.05, 0.1) is 12.1 Å². The molecule has 2 atom stereocenters. The van der Waals surface area contributed by atoms with Crippen molar-refractivity contribution in [2.45, 2.75) is 31.9 Å². The monoisotopic (exact) mass is 436 g/mol. The van der Waals surface area contributed by atoms with Gasteiger partial charge in [-0.2, -0.15) is 0 Å². The van der Waals surface area contributed by atoms with Gasteiger partial charge in [-0.3, -0.25) is 9.59 Å². The number of anilines is 1. The van der Waals surface area contributed by atoms with E-state index in [0.717, 1.165) is 6.42 Å². The van der Waals surface area contributed by atoms with Crippen LogP contribution in [0.4, 0.5) is 5.69 Å².